The number of nitrogens with one attached hydrogen (secondary N) is 1. The summed E-state index contributed by atoms with van der Waals surface area (Å²) in [6.07, 6.45) is 0. The lowest BCUT2D eigenvalue weighted by Crippen LogP contribution is -2.54. The molecule has 0 radical (unpaired) electrons. The van der Waals surface area contributed by atoms with Gasteiger partial charge in [-0.25, -0.2) is 0 Å². The summed E-state index contributed by atoms with van der Waals surface area (Å²) in [5.41, 5.74) is -0.613. The van der Waals surface area contributed by atoms with Gasteiger partial charge < -0.3 is 15.0 Å². The van der Waals surface area contributed by atoms with Crippen LogP contribution in [-0.4, -0.2) is 51.2 Å². The summed E-state index contributed by atoms with van der Waals surface area (Å²) in [5, 5.41) is 2.94. The Hall–Kier alpha value is -0.610. The first-order valence-corrected chi connectivity index (χ1v) is 3.88. The van der Waals surface area contributed by atoms with Crippen molar-refractivity contribution in [2.75, 3.05) is 34.8 Å². The molecule has 0 aliphatic rings. The molecule has 0 heterocycles. The summed E-state index contributed by atoms with van der Waals surface area (Å²) in [6, 6.07) is 0. The Balaban J connectivity index is 4.33. The number of ether oxygens (including phenoxy) is 1. The van der Waals surface area contributed by atoms with Crippen LogP contribution >= 0.6 is 0 Å². The fraction of sp³-hybridized carbons (Fsp3) is 0.875. The molecule has 0 saturated carbocycles. The van der Waals surface area contributed by atoms with Crippen LogP contribution in [0.2, 0.25) is 0 Å². The number of hydrogen-bond acceptors (Lipinski definition) is 4. The lowest BCUT2D eigenvalue weighted by atomic mass is 10.0. The number of hydrogen-bond donors (Lipinski definition) is 1. The van der Waals surface area contributed by atoms with Gasteiger partial charge in [0.2, 0.25) is 0 Å². The van der Waals surface area contributed by atoms with E-state index < -0.39 is 5.54 Å². The molecule has 1 N–H and O–H groups in total. The van der Waals surface area contributed by atoms with Crippen LogP contribution in [0.4, 0.5) is 0 Å². The number of carbonyl (C=O) groups is 1. The Bertz CT molecular complexity index is 159. The average Bonchev–Trinajstić information content (AvgIpc) is 2.01. The molecular weight excluding hydrogens is 156 g/mol. The summed E-state index contributed by atoms with van der Waals surface area (Å²) >= 11 is 0. The minimum Gasteiger partial charge on any atom is -0.468 e. The molecule has 0 aromatic heterocycles. The van der Waals surface area contributed by atoms with Gasteiger partial charge >= 0.3 is 5.97 Å². The standard InChI is InChI=1S/C8H18N2O2/c1-8(9-2,6-10(3)4)7(11)12-5/h9H,6H2,1-5H3/t8-/m0/s1. The molecule has 0 bridgehead atoms. The quantitative estimate of drug-likeness (QED) is 0.594. The fourth-order valence-electron chi connectivity index (χ4n) is 1.10. The molecule has 0 aromatic carbocycles. The van der Waals surface area contributed by atoms with E-state index in [1.165, 1.54) is 7.11 Å². The average molecular weight is 174 g/mol. The highest BCUT2D eigenvalue weighted by Crippen LogP contribution is 2.06. The monoisotopic (exact) mass is 174 g/mol. The van der Waals surface area contributed by atoms with Crippen LogP contribution in [0.1, 0.15) is 6.92 Å². The zero-order chi connectivity index (χ0) is 9.78. The van der Waals surface area contributed by atoms with E-state index in [9.17, 15) is 4.79 Å². The topological polar surface area (TPSA) is 41.6 Å². The highest BCUT2D eigenvalue weighted by Gasteiger charge is 2.32. The highest BCUT2D eigenvalue weighted by atomic mass is 16.5. The SMILES string of the molecule is CN[C@@](C)(CN(C)C)C(=O)OC. The van der Waals surface area contributed by atoms with E-state index in [1.807, 2.05) is 25.9 Å². The van der Waals surface area contributed by atoms with Crippen molar-refractivity contribution in [3.8, 4) is 0 Å². The molecule has 72 valence electrons. The van der Waals surface area contributed by atoms with Crippen molar-refractivity contribution in [1.29, 1.82) is 0 Å². The molecule has 4 nitrogen and oxygen atoms in total. The minimum absolute atomic E-state index is 0.237. The Kier molecular flexibility index (Phi) is 4.20. The van der Waals surface area contributed by atoms with Gasteiger partial charge in [-0.15, -0.1) is 0 Å². The van der Waals surface area contributed by atoms with Crippen molar-refractivity contribution in [2.45, 2.75) is 12.5 Å². The normalized spacial score (nSPS) is 15.8. The zero-order valence-electron chi connectivity index (χ0n) is 8.47. The second kappa shape index (κ2) is 4.42. The number of methoxy groups -OCH3 is 1. The largest absolute Gasteiger partial charge is 0.468 e. The molecule has 0 amide bonds. The lowest BCUT2D eigenvalue weighted by Gasteiger charge is -2.28. The second-order valence-corrected chi connectivity index (χ2v) is 3.31. The van der Waals surface area contributed by atoms with E-state index in [-0.39, 0.29) is 5.97 Å². The van der Waals surface area contributed by atoms with Gasteiger partial charge in [-0.1, -0.05) is 0 Å². The van der Waals surface area contributed by atoms with Crippen LogP contribution < -0.4 is 5.32 Å². The Morgan fingerprint density at radius 3 is 2.33 bits per heavy atom. The van der Waals surface area contributed by atoms with Crippen molar-refractivity contribution in [3.63, 3.8) is 0 Å². The molecule has 0 rings (SSSR count). The van der Waals surface area contributed by atoms with E-state index in [2.05, 4.69) is 10.1 Å². The Morgan fingerprint density at radius 1 is 1.58 bits per heavy atom. The summed E-state index contributed by atoms with van der Waals surface area (Å²) in [7, 11) is 6.98. The van der Waals surface area contributed by atoms with Gasteiger partial charge in [-0.3, -0.25) is 4.79 Å². The van der Waals surface area contributed by atoms with Crippen molar-refractivity contribution >= 4 is 5.97 Å². The third-order valence-corrected chi connectivity index (χ3v) is 1.82. The molecule has 4 heteroatoms. The van der Waals surface area contributed by atoms with Crippen molar-refractivity contribution < 1.29 is 9.53 Å². The van der Waals surface area contributed by atoms with Crippen molar-refractivity contribution in [1.82, 2.24) is 10.2 Å². The summed E-state index contributed by atoms with van der Waals surface area (Å²) < 4.78 is 4.68. The van der Waals surface area contributed by atoms with Crippen LogP contribution in [-0.2, 0) is 9.53 Å². The first kappa shape index (κ1) is 11.4. The molecule has 0 fully saturated rings. The van der Waals surface area contributed by atoms with Gasteiger partial charge in [0.05, 0.1) is 7.11 Å². The van der Waals surface area contributed by atoms with E-state index in [4.69, 9.17) is 0 Å². The molecule has 0 spiro atoms. The number of carbonyl (C=O) groups excluding carboxylic acids is 1. The maximum atomic E-state index is 11.3. The summed E-state index contributed by atoms with van der Waals surface area (Å²) in [6.45, 7) is 2.44. The molecule has 0 unspecified atom stereocenters. The minimum atomic E-state index is -0.613. The predicted octanol–water partition coefficient (Wildman–Crippen LogP) is -0.301. The third-order valence-electron chi connectivity index (χ3n) is 1.82. The van der Waals surface area contributed by atoms with Gasteiger partial charge in [0, 0.05) is 6.54 Å². The van der Waals surface area contributed by atoms with Gasteiger partial charge in [0.15, 0.2) is 0 Å². The lowest BCUT2D eigenvalue weighted by molar-refractivity contribution is -0.148. The smallest absolute Gasteiger partial charge is 0.327 e. The Labute approximate surface area is 73.9 Å². The molecule has 0 saturated heterocycles. The fourth-order valence-corrected chi connectivity index (χ4v) is 1.10. The van der Waals surface area contributed by atoms with Crippen LogP contribution in [0.15, 0.2) is 0 Å². The Morgan fingerprint density at radius 2 is 2.08 bits per heavy atom. The van der Waals surface area contributed by atoms with Gasteiger partial charge in [0.1, 0.15) is 5.54 Å². The number of nitrogens with zero attached hydrogens (tertiary/aromatic N) is 1. The summed E-state index contributed by atoms with van der Waals surface area (Å²) in [4.78, 5) is 13.2. The maximum absolute atomic E-state index is 11.3. The molecule has 12 heavy (non-hydrogen) atoms. The molecule has 0 aliphatic heterocycles. The van der Waals surface area contributed by atoms with Crippen molar-refractivity contribution in [2.24, 2.45) is 0 Å². The molecular formula is C8H18N2O2. The van der Waals surface area contributed by atoms with E-state index in [1.54, 1.807) is 7.05 Å². The first-order chi connectivity index (χ1) is 5.46. The van der Waals surface area contributed by atoms with Crippen LogP contribution in [0.25, 0.3) is 0 Å². The molecule has 1 atom stereocenters. The van der Waals surface area contributed by atoms with Crippen LogP contribution in [0, 0.1) is 0 Å². The molecule has 0 aliphatic carbocycles. The number of esters is 1. The summed E-state index contributed by atoms with van der Waals surface area (Å²) in [5.74, 6) is -0.237. The van der Waals surface area contributed by atoms with Crippen molar-refractivity contribution in [3.05, 3.63) is 0 Å². The van der Waals surface area contributed by atoms with Crippen LogP contribution in [0.3, 0.4) is 0 Å². The highest BCUT2D eigenvalue weighted by molar-refractivity contribution is 5.80. The van der Waals surface area contributed by atoms with E-state index in [0.717, 1.165) is 0 Å². The number of rotatable bonds is 4. The first-order valence-electron chi connectivity index (χ1n) is 3.88. The number of likely N-dealkylation sites (N-methyl/N-ethyl adjacent to an activating group) is 2. The predicted molar refractivity (Wildman–Crippen MR) is 48.0 cm³/mol. The van der Waals surface area contributed by atoms with Gasteiger partial charge in [-0.05, 0) is 28.1 Å². The van der Waals surface area contributed by atoms with E-state index >= 15 is 0 Å². The molecule has 0 aromatic rings. The second-order valence-electron chi connectivity index (χ2n) is 3.31. The maximum Gasteiger partial charge on any atom is 0.327 e. The zero-order valence-corrected chi connectivity index (χ0v) is 8.47. The van der Waals surface area contributed by atoms with E-state index in [0.29, 0.717) is 6.54 Å². The van der Waals surface area contributed by atoms with Gasteiger partial charge in [-0.2, -0.15) is 0 Å². The van der Waals surface area contributed by atoms with Crippen LogP contribution in [0.5, 0.6) is 0 Å². The van der Waals surface area contributed by atoms with Gasteiger partial charge in [0.25, 0.3) is 0 Å². The third kappa shape index (κ3) is 2.79.